The summed E-state index contributed by atoms with van der Waals surface area (Å²) in [5.41, 5.74) is 0.616. The summed E-state index contributed by atoms with van der Waals surface area (Å²) in [6.45, 7) is 0. The topological polar surface area (TPSA) is 0 Å². The molecule has 0 N–H and O–H groups in total. The van der Waals surface area contributed by atoms with Crippen LogP contribution in [0.3, 0.4) is 0 Å². The quantitative estimate of drug-likeness (QED) is 0.411. The standard InChI is InChI=1S/C8H8/c1-3-8-4-2-7(8)6(1)5-8/h1-4,6-7H,5H2. The van der Waals surface area contributed by atoms with Gasteiger partial charge in [0.05, 0.1) is 0 Å². The van der Waals surface area contributed by atoms with E-state index in [4.69, 9.17) is 0 Å². The van der Waals surface area contributed by atoms with Gasteiger partial charge in [-0.3, -0.25) is 0 Å². The van der Waals surface area contributed by atoms with Crippen LogP contribution in [0.2, 0.25) is 0 Å². The maximum absolute atomic E-state index is 2.39. The Morgan fingerprint density at radius 3 is 2.38 bits per heavy atom. The summed E-state index contributed by atoms with van der Waals surface area (Å²) in [5, 5.41) is 0. The first-order valence-electron chi connectivity index (χ1n) is 3.29. The van der Waals surface area contributed by atoms with Crippen molar-refractivity contribution in [3.05, 3.63) is 24.3 Å². The second kappa shape index (κ2) is 0.717. The van der Waals surface area contributed by atoms with E-state index in [0.717, 1.165) is 11.8 Å². The highest BCUT2D eigenvalue weighted by Crippen LogP contribution is 2.65. The lowest BCUT2D eigenvalue weighted by atomic mass is 9.53. The van der Waals surface area contributed by atoms with Crippen molar-refractivity contribution in [3.8, 4) is 0 Å². The molecule has 1 fully saturated rings. The molecular weight excluding hydrogens is 96.1 g/mol. The van der Waals surface area contributed by atoms with E-state index in [2.05, 4.69) is 24.3 Å². The Bertz CT molecular complexity index is 200. The van der Waals surface area contributed by atoms with Crippen LogP contribution >= 0.6 is 0 Å². The highest BCUT2D eigenvalue weighted by molar-refractivity contribution is 5.41. The van der Waals surface area contributed by atoms with Gasteiger partial charge in [0.15, 0.2) is 0 Å². The molecule has 0 aromatic rings. The molecule has 0 saturated heterocycles. The average Bonchev–Trinajstić information content (AvgIpc) is 2.19. The fourth-order valence-electron chi connectivity index (χ4n) is 2.30. The first-order valence-corrected chi connectivity index (χ1v) is 3.29. The summed E-state index contributed by atoms with van der Waals surface area (Å²) in [6.07, 6.45) is 10.9. The van der Waals surface area contributed by atoms with Crippen molar-refractivity contribution in [1.82, 2.24) is 0 Å². The summed E-state index contributed by atoms with van der Waals surface area (Å²) < 4.78 is 0. The Morgan fingerprint density at radius 1 is 1.25 bits per heavy atom. The van der Waals surface area contributed by atoms with Crippen LogP contribution in [0.25, 0.3) is 0 Å². The van der Waals surface area contributed by atoms with E-state index in [-0.39, 0.29) is 0 Å². The molecule has 0 aromatic carbocycles. The number of rotatable bonds is 0. The lowest BCUT2D eigenvalue weighted by Gasteiger charge is -2.50. The van der Waals surface area contributed by atoms with Crippen molar-refractivity contribution in [2.45, 2.75) is 6.42 Å². The fraction of sp³-hybridized carbons (Fsp3) is 0.500. The van der Waals surface area contributed by atoms with Gasteiger partial charge in [-0.2, -0.15) is 0 Å². The predicted molar refractivity (Wildman–Crippen MR) is 32.3 cm³/mol. The van der Waals surface area contributed by atoms with Crippen molar-refractivity contribution in [2.75, 3.05) is 0 Å². The van der Waals surface area contributed by atoms with Gasteiger partial charge in [0.2, 0.25) is 0 Å². The third kappa shape index (κ3) is 0.157. The van der Waals surface area contributed by atoms with Gasteiger partial charge in [-0.1, -0.05) is 24.3 Å². The smallest absolute Gasteiger partial charge is 0.0135 e. The van der Waals surface area contributed by atoms with Crippen LogP contribution in [0.1, 0.15) is 6.42 Å². The molecule has 0 heterocycles. The van der Waals surface area contributed by atoms with Gasteiger partial charge in [0.25, 0.3) is 0 Å². The number of hydrogen-bond acceptors (Lipinski definition) is 0. The largest absolute Gasteiger partial charge is 0.0839 e. The average molecular weight is 104 g/mol. The van der Waals surface area contributed by atoms with Gasteiger partial charge >= 0.3 is 0 Å². The van der Waals surface area contributed by atoms with Gasteiger partial charge in [-0.05, 0) is 18.3 Å². The Kier molecular flexibility index (Phi) is 0.313. The third-order valence-electron chi connectivity index (χ3n) is 2.94. The second-order valence-electron chi connectivity index (χ2n) is 3.22. The molecule has 4 aliphatic carbocycles. The molecule has 3 unspecified atom stereocenters. The van der Waals surface area contributed by atoms with E-state index in [1.807, 2.05) is 0 Å². The lowest BCUT2D eigenvalue weighted by Crippen LogP contribution is -2.43. The van der Waals surface area contributed by atoms with Gasteiger partial charge in [0, 0.05) is 5.41 Å². The SMILES string of the molecule is C1=CC23C=CC2C1C3. The van der Waals surface area contributed by atoms with Crippen molar-refractivity contribution in [1.29, 1.82) is 0 Å². The van der Waals surface area contributed by atoms with Crippen molar-refractivity contribution in [2.24, 2.45) is 17.3 Å². The molecule has 4 rings (SSSR count). The Morgan fingerprint density at radius 2 is 2.12 bits per heavy atom. The molecule has 0 nitrogen and oxygen atoms in total. The molecule has 0 heteroatoms. The van der Waals surface area contributed by atoms with Crippen LogP contribution in [-0.2, 0) is 0 Å². The highest BCUT2D eigenvalue weighted by atomic mass is 14.6. The summed E-state index contributed by atoms with van der Waals surface area (Å²) >= 11 is 0. The number of allylic oxidation sites excluding steroid dienone is 4. The molecule has 3 atom stereocenters. The van der Waals surface area contributed by atoms with Crippen LogP contribution in [-0.4, -0.2) is 0 Å². The minimum atomic E-state index is 0.616. The van der Waals surface area contributed by atoms with Crippen LogP contribution in [0.15, 0.2) is 24.3 Å². The van der Waals surface area contributed by atoms with Crippen LogP contribution < -0.4 is 0 Å². The summed E-state index contributed by atoms with van der Waals surface area (Å²) in [4.78, 5) is 0. The molecule has 0 aliphatic heterocycles. The summed E-state index contributed by atoms with van der Waals surface area (Å²) in [6, 6.07) is 0. The van der Waals surface area contributed by atoms with Gasteiger partial charge in [-0.15, -0.1) is 0 Å². The molecule has 1 spiro atoms. The maximum Gasteiger partial charge on any atom is 0.0135 e. The monoisotopic (exact) mass is 104 g/mol. The maximum atomic E-state index is 2.39. The molecule has 1 saturated carbocycles. The molecule has 0 radical (unpaired) electrons. The van der Waals surface area contributed by atoms with Gasteiger partial charge in [-0.25, -0.2) is 0 Å². The van der Waals surface area contributed by atoms with Crippen molar-refractivity contribution in [3.63, 3.8) is 0 Å². The summed E-state index contributed by atoms with van der Waals surface area (Å²) in [7, 11) is 0. The summed E-state index contributed by atoms with van der Waals surface area (Å²) in [5.74, 6) is 1.89. The normalized spacial score (nSPS) is 62.0. The predicted octanol–water partition coefficient (Wildman–Crippen LogP) is 1.75. The minimum Gasteiger partial charge on any atom is -0.0839 e. The zero-order chi connectivity index (χ0) is 5.19. The fourth-order valence-corrected chi connectivity index (χ4v) is 2.30. The van der Waals surface area contributed by atoms with E-state index in [9.17, 15) is 0 Å². The Balaban J connectivity index is 2.26. The third-order valence-corrected chi connectivity index (χ3v) is 2.94. The molecule has 2 bridgehead atoms. The van der Waals surface area contributed by atoms with E-state index in [1.165, 1.54) is 6.42 Å². The van der Waals surface area contributed by atoms with Gasteiger partial charge < -0.3 is 0 Å². The molecule has 0 aromatic heterocycles. The molecule has 8 heavy (non-hydrogen) atoms. The van der Waals surface area contributed by atoms with E-state index < -0.39 is 0 Å². The second-order valence-corrected chi connectivity index (χ2v) is 3.22. The van der Waals surface area contributed by atoms with Crippen molar-refractivity contribution < 1.29 is 0 Å². The number of hydrogen-bond donors (Lipinski definition) is 0. The zero-order valence-corrected chi connectivity index (χ0v) is 4.67. The van der Waals surface area contributed by atoms with Gasteiger partial charge in [0.1, 0.15) is 0 Å². The Hall–Kier alpha value is -0.520. The van der Waals surface area contributed by atoms with E-state index in [1.54, 1.807) is 0 Å². The lowest BCUT2D eigenvalue weighted by molar-refractivity contribution is 0.118. The molecule has 40 valence electrons. The molecular formula is C8H8. The van der Waals surface area contributed by atoms with Crippen molar-refractivity contribution >= 4 is 0 Å². The zero-order valence-electron chi connectivity index (χ0n) is 4.67. The van der Waals surface area contributed by atoms with E-state index >= 15 is 0 Å². The Labute approximate surface area is 48.9 Å². The van der Waals surface area contributed by atoms with Crippen LogP contribution in [0.4, 0.5) is 0 Å². The van der Waals surface area contributed by atoms with Crippen LogP contribution in [0.5, 0.6) is 0 Å². The highest BCUT2D eigenvalue weighted by Gasteiger charge is 2.56. The molecule has 0 amide bonds. The first-order chi connectivity index (χ1) is 3.91. The molecule has 4 aliphatic rings. The van der Waals surface area contributed by atoms with Crippen LogP contribution in [0, 0.1) is 17.3 Å². The minimum absolute atomic E-state index is 0.616. The first kappa shape index (κ1) is 3.49. The van der Waals surface area contributed by atoms with E-state index in [0.29, 0.717) is 5.41 Å².